The standard InChI is InChI=1S/C13H26N2/c1-10(2)14-8-3-9-15-13(11-4-5-11)12-6-7-12/h10-15H,3-9H2,1-2H3. The minimum absolute atomic E-state index is 0.632. The van der Waals surface area contributed by atoms with E-state index in [1.807, 2.05) is 0 Å². The largest absolute Gasteiger partial charge is 0.314 e. The molecule has 2 aliphatic rings. The Hall–Kier alpha value is -0.0800. The van der Waals surface area contributed by atoms with Crippen molar-refractivity contribution in [3.05, 3.63) is 0 Å². The Kier molecular flexibility index (Phi) is 4.04. The zero-order chi connectivity index (χ0) is 10.7. The second kappa shape index (κ2) is 5.31. The van der Waals surface area contributed by atoms with Crippen LogP contribution in [0.25, 0.3) is 0 Å². The van der Waals surface area contributed by atoms with E-state index in [4.69, 9.17) is 0 Å². The predicted molar refractivity (Wildman–Crippen MR) is 65.0 cm³/mol. The molecule has 2 N–H and O–H groups in total. The molecule has 2 fully saturated rings. The molecule has 0 amide bonds. The van der Waals surface area contributed by atoms with Crippen LogP contribution in [0.3, 0.4) is 0 Å². The molecule has 0 aromatic carbocycles. The van der Waals surface area contributed by atoms with E-state index in [0.717, 1.165) is 24.4 Å². The molecule has 0 aliphatic heterocycles. The van der Waals surface area contributed by atoms with Crippen LogP contribution in [0, 0.1) is 11.8 Å². The molecule has 2 rings (SSSR count). The van der Waals surface area contributed by atoms with Crippen LogP contribution in [0.15, 0.2) is 0 Å². The maximum atomic E-state index is 3.78. The van der Waals surface area contributed by atoms with Crippen molar-refractivity contribution in [2.24, 2.45) is 11.8 Å². The van der Waals surface area contributed by atoms with Gasteiger partial charge < -0.3 is 10.6 Å². The van der Waals surface area contributed by atoms with Crippen LogP contribution < -0.4 is 10.6 Å². The number of rotatable bonds is 8. The highest BCUT2D eigenvalue weighted by molar-refractivity contribution is 4.96. The number of hydrogen-bond donors (Lipinski definition) is 2. The molecule has 0 atom stereocenters. The van der Waals surface area contributed by atoms with Gasteiger partial charge in [-0.05, 0) is 57.0 Å². The van der Waals surface area contributed by atoms with Crippen molar-refractivity contribution in [1.29, 1.82) is 0 Å². The van der Waals surface area contributed by atoms with Gasteiger partial charge in [-0.25, -0.2) is 0 Å². The van der Waals surface area contributed by atoms with Gasteiger partial charge in [0.1, 0.15) is 0 Å². The molecule has 0 aromatic rings. The van der Waals surface area contributed by atoms with Crippen LogP contribution >= 0.6 is 0 Å². The molecule has 88 valence electrons. The normalized spacial score (nSPS) is 21.6. The third kappa shape index (κ3) is 4.12. The smallest absolute Gasteiger partial charge is 0.0124 e. The Morgan fingerprint density at radius 2 is 1.47 bits per heavy atom. The Balaban J connectivity index is 1.51. The lowest BCUT2D eigenvalue weighted by atomic mass is 10.1. The molecule has 2 nitrogen and oxygen atoms in total. The summed E-state index contributed by atoms with van der Waals surface area (Å²) in [5.41, 5.74) is 0. The summed E-state index contributed by atoms with van der Waals surface area (Å²) in [7, 11) is 0. The molecule has 0 spiro atoms. The van der Waals surface area contributed by atoms with Crippen LogP contribution in [0.1, 0.15) is 46.0 Å². The molecule has 2 saturated carbocycles. The maximum absolute atomic E-state index is 3.78. The molecule has 2 heteroatoms. The Morgan fingerprint density at radius 1 is 0.933 bits per heavy atom. The fourth-order valence-electron chi connectivity index (χ4n) is 2.38. The first kappa shape index (κ1) is 11.4. The van der Waals surface area contributed by atoms with Crippen molar-refractivity contribution in [2.45, 2.75) is 58.0 Å². The van der Waals surface area contributed by atoms with Crippen LogP contribution in [-0.2, 0) is 0 Å². The maximum Gasteiger partial charge on any atom is 0.0124 e. The summed E-state index contributed by atoms with van der Waals surface area (Å²) in [6.45, 7) is 6.79. The highest BCUT2D eigenvalue weighted by atomic mass is 15.0. The predicted octanol–water partition coefficient (Wildman–Crippen LogP) is 2.15. The van der Waals surface area contributed by atoms with Crippen LogP contribution in [0.5, 0.6) is 0 Å². The zero-order valence-corrected chi connectivity index (χ0v) is 10.3. The summed E-state index contributed by atoms with van der Waals surface area (Å²) in [4.78, 5) is 0. The molecule has 0 aromatic heterocycles. The van der Waals surface area contributed by atoms with Gasteiger partial charge >= 0.3 is 0 Å². The van der Waals surface area contributed by atoms with Crippen molar-refractivity contribution in [2.75, 3.05) is 13.1 Å². The van der Waals surface area contributed by atoms with Crippen molar-refractivity contribution >= 4 is 0 Å². The summed E-state index contributed by atoms with van der Waals surface area (Å²) < 4.78 is 0. The highest BCUT2D eigenvalue weighted by Crippen LogP contribution is 2.44. The fourth-order valence-corrected chi connectivity index (χ4v) is 2.38. The van der Waals surface area contributed by atoms with Crippen LogP contribution in [0.2, 0.25) is 0 Å². The summed E-state index contributed by atoms with van der Waals surface area (Å²) in [5.74, 6) is 2.08. The van der Waals surface area contributed by atoms with E-state index < -0.39 is 0 Å². The molecule has 0 unspecified atom stereocenters. The quantitative estimate of drug-likeness (QED) is 0.600. The fraction of sp³-hybridized carbons (Fsp3) is 1.00. The van der Waals surface area contributed by atoms with E-state index in [-0.39, 0.29) is 0 Å². The van der Waals surface area contributed by atoms with Gasteiger partial charge in [0.25, 0.3) is 0 Å². The van der Waals surface area contributed by atoms with Crippen LogP contribution in [0.4, 0.5) is 0 Å². The second-order valence-corrected chi connectivity index (χ2v) is 5.62. The summed E-state index contributed by atoms with van der Waals surface area (Å²) >= 11 is 0. The zero-order valence-electron chi connectivity index (χ0n) is 10.3. The van der Waals surface area contributed by atoms with Crippen LogP contribution in [-0.4, -0.2) is 25.2 Å². The molecule has 0 bridgehead atoms. The first-order valence-electron chi connectivity index (χ1n) is 6.74. The number of nitrogens with one attached hydrogen (secondary N) is 2. The minimum atomic E-state index is 0.632. The van der Waals surface area contributed by atoms with E-state index in [9.17, 15) is 0 Å². The first-order chi connectivity index (χ1) is 7.27. The SMILES string of the molecule is CC(C)NCCCNC(C1CC1)C1CC1. The van der Waals surface area contributed by atoms with Gasteiger partial charge in [-0.15, -0.1) is 0 Å². The Labute approximate surface area is 94.2 Å². The first-order valence-corrected chi connectivity index (χ1v) is 6.74. The molecule has 15 heavy (non-hydrogen) atoms. The van der Waals surface area contributed by atoms with Crippen molar-refractivity contribution in [3.63, 3.8) is 0 Å². The number of hydrogen-bond acceptors (Lipinski definition) is 2. The molecule has 0 radical (unpaired) electrons. The summed E-state index contributed by atoms with van der Waals surface area (Å²) in [6.07, 6.45) is 7.21. The van der Waals surface area contributed by atoms with Gasteiger partial charge in [-0.1, -0.05) is 13.8 Å². The molecule has 2 aliphatic carbocycles. The molecule has 0 heterocycles. The lowest BCUT2D eigenvalue weighted by Gasteiger charge is -2.17. The van der Waals surface area contributed by atoms with Gasteiger partial charge in [0.2, 0.25) is 0 Å². The van der Waals surface area contributed by atoms with E-state index in [0.29, 0.717) is 6.04 Å². The second-order valence-electron chi connectivity index (χ2n) is 5.62. The van der Waals surface area contributed by atoms with E-state index >= 15 is 0 Å². The molecule has 0 saturated heterocycles. The lowest BCUT2D eigenvalue weighted by molar-refractivity contribution is 0.409. The minimum Gasteiger partial charge on any atom is -0.314 e. The summed E-state index contributed by atoms with van der Waals surface area (Å²) in [5, 5.41) is 7.25. The molecular formula is C13H26N2. The summed E-state index contributed by atoms with van der Waals surface area (Å²) in [6, 6.07) is 1.51. The third-order valence-corrected chi connectivity index (χ3v) is 3.55. The van der Waals surface area contributed by atoms with Crippen molar-refractivity contribution in [3.8, 4) is 0 Å². The average molecular weight is 210 g/mol. The van der Waals surface area contributed by atoms with E-state index in [1.165, 1.54) is 38.6 Å². The lowest BCUT2D eigenvalue weighted by Crippen LogP contribution is -2.35. The molecular weight excluding hydrogens is 184 g/mol. The van der Waals surface area contributed by atoms with E-state index in [1.54, 1.807) is 0 Å². The van der Waals surface area contributed by atoms with Gasteiger partial charge in [0.15, 0.2) is 0 Å². The van der Waals surface area contributed by atoms with Gasteiger partial charge in [-0.2, -0.15) is 0 Å². The van der Waals surface area contributed by atoms with Gasteiger partial charge in [0.05, 0.1) is 0 Å². The van der Waals surface area contributed by atoms with E-state index in [2.05, 4.69) is 24.5 Å². The Bertz CT molecular complexity index is 171. The monoisotopic (exact) mass is 210 g/mol. The Morgan fingerprint density at radius 3 is 1.93 bits per heavy atom. The van der Waals surface area contributed by atoms with Crippen molar-refractivity contribution < 1.29 is 0 Å². The topological polar surface area (TPSA) is 24.1 Å². The third-order valence-electron chi connectivity index (χ3n) is 3.55. The van der Waals surface area contributed by atoms with Gasteiger partial charge in [0, 0.05) is 12.1 Å². The highest BCUT2D eigenvalue weighted by Gasteiger charge is 2.40. The average Bonchev–Trinajstić information content (AvgIpc) is 3.00. The van der Waals surface area contributed by atoms with Gasteiger partial charge in [-0.3, -0.25) is 0 Å². The van der Waals surface area contributed by atoms with Crippen molar-refractivity contribution in [1.82, 2.24) is 10.6 Å².